The molecule has 0 unspecified atom stereocenters. The van der Waals surface area contributed by atoms with Crippen molar-refractivity contribution in [2.24, 2.45) is 0 Å². The number of hydrogen-bond donors (Lipinski definition) is 1. The van der Waals surface area contributed by atoms with E-state index in [0.29, 0.717) is 21.9 Å². The number of carbonyl (C=O) groups excluding carboxylic acids is 3. The topological polar surface area (TPSA) is 106 Å². The fourth-order valence-electron chi connectivity index (χ4n) is 3.44. The summed E-state index contributed by atoms with van der Waals surface area (Å²) >= 11 is 2.30. The van der Waals surface area contributed by atoms with Crippen LogP contribution in [0.25, 0.3) is 5.76 Å². The van der Waals surface area contributed by atoms with Crippen LogP contribution in [0.15, 0.2) is 47.4 Å². The molecule has 164 valence electrons. The number of aliphatic hydroxyl groups is 1. The lowest BCUT2D eigenvalue weighted by molar-refractivity contribution is -0.132. The summed E-state index contributed by atoms with van der Waals surface area (Å²) in [5.74, 6) is -2.07. The van der Waals surface area contributed by atoms with Crippen molar-refractivity contribution in [3.63, 3.8) is 0 Å². The van der Waals surface area contributed by atoms with Crippen molar-refractivity contribution in [3.8, 4) is 5.75 Å². The van der Waals surface area contributed by atoms with Crippen molar-refractivity contribution >= 4 is 51.2 Å². The average Bonchev–Trinajstić information content (AvgIpc) is 3.52. The monoisotopic (exact) mass is 470 g/mol. The number of rotatable bonds is 5. The van der Waals surface area contributed by atoms with Crippen LogP contribution in [0.5, 0.6) is 5.75 Å². The molecule has 1 amide bonds. The summed E-state index contributed by atoms with van der Waals surface area (Å²) in [6, 6.07) is 9.26. The van der Waals surface area contributed by atoms with Crippen LogP contribution < -0.4 is 9.64 Å². The Balaban J connectivity index is 1.90. The van der Waals surface area contributed by atoms with Gasteiger partial charge in [0.25, 0.3) is 5.78 Å². The van der Waals surface area contributed by atoms with E-state index in [1.54, 1.807) is 43.3 Å². The van der Waals surface area contributed by atoms with Crippen LogP contribution in [0.4, 0.5) is 5.13 Å². The molecule has 1 aliphatic rings. The number of thiazole rings is 1. The SMILES string of the molecule is COC(=O)c1sc(N2C(=O)C(=O)/C(=C(/O)c3cccc(OC)c3)[C@@H]2c2cccs2)nc1C. The maximum atomic E-state index is 13.1. The highest BCUT2D eigenvalue weighted by molar-refractivity contribution is 7.18. The zero-order valence-corrected chi connectivity index (χ0v) is 19.0. The summed E-state index contributed by atoms with van der Waals surface area (Å²) in [7, 11) is 2.75. The minimum absolute atomic E-state index is 0.0572. The number of aromatic nitrogens is 1. The minimum atomic E-state index is -0.891. The lowest BCUT2D eigenvalue weighted by Gasteiger charge is -2.21. The number of carbonyl (C=O) groups is 3. The average molecular weight is 471 g/mol. The first-order chi connectivity index (χ1) is 15.4. The van der Waals surface area contributed by atoms with Gasteiger partial charge in [-0.15, -0.1) is 11.3 Å². The van der Waals surface area contributed by atoms with Gasteiger partial charge in [-0.3, -0.25) is 14.5 Å². The molecule has 2 aromatic heterocycles. The number of anilines is 1. The van der Waals surface area contributed by atoms with Crippen LogP contribution in [-0.4, -0.2) is 42.0 Å². The molecule has 0 aliphatic carbocycles. The molecule has 1 atom stereocenters. The molecule has 0 bridgehead atoms. The van der Waals surface area contributed by atoms with E-state index in [4.69, 9.17) is 9.47 Å². The Morgan fingerprint density at radius 1 is 1.19 bits per heavy atom. The molecule has 0 spiro atoms. The van der Waals surface area contributed by atoms with Gasteiger partial charge >= 0.3 is 11.9 Å². The molecule has 4 rings (SSSR count). The smallest absolute Gasteiger partial charge is 0.350 e. The summed E-state index contributed by atoms with van der Waals surface area (Å²) < 4.78 is 9.99. The number of methoxy groups -OCH3 is 2. The third-order valence-electron chi connectivity index (χ3n) is 4.96. The van der Waals surface area contributed by atoms with Gasteiger partial charge in [0.05, 0.1) is 25.5 Å². The third-order valence-corrected chi connectivity index (χ3v) is 7.02. The van der Waals surface area contributed by atoms with Crippen molar-refractivity contribution in [3.05, 3.63) is 68.4 Å². The fourth-order valence-corrected chi connectivity index (χ4v) is 5.27. The zero-order chi connectivity index (χ0) is 23.0. The van der Waals surface area contributed by atoms with Gasteiger partial charge in [-0.2, -0.15) is 0 Å². The van der Waals surface area contributed by atoms with E-state index in [-0.39, 0.29) is 21.3 Å². The first-order valence-corrected chi connectivity index (χ1v) is 11.1. The van der Waals surface area contributed by atoms with E-state index in [0.717, 1.165) is 11.3 Å². The highest BCUT2D eigenvalue weighted by atomic mass is 32.1. The molecule has 1 aliphatic heterocycles. The number of ketones is 1. The lowest BCUT2D eigenvalue weighted by atomic mass is 10.00. The molecule has 1 aromatic carbocycles. The first kappa shape index (κ1) is 21.7. The van der Waals surface area contributed by atoms with Gasteiger partial charge in [0.2, 0.25) is 0 Å². The zero-order valence-electron chi connectivity index (χ0n) is 17.3. The van der Waals surface area contributed by atoms with E-state index in [1.165, 1.54) is 30.5 Å². The van der Waals surface area contributed by atoms with E-state index < -0.39 is 23.7 Å². The number of hydrogen-bond acceptors (Lipinski definition) is 9. The molecule has 32 heavy (non-hydrogen) atoms. The number of benzene rings is 1. The van der Waals surface area contributed by atoms with Crippen molar-refractivity contribution in [2.75, 3.05) is 19.1 Å². The van der Waals surface area contributed by atoms with Crippen molar-refractivity contribution in [2.45, 2.75) is 13.0 Å². The summed E-state index contributed by atoms with van der Waals surface area (Å²) in [5, 5.41) is 13.1. The predicted octanol–water partition coefficient (Wildman–Crippen LogP) is 3.93. The maximum absolute atomic E-state index is 13.1. The molecule has 8 nitrogen and oxygen atoms in total. The van der Waals surface area contributed by atoms with E-state index in [2.05, 4.69) is 4.98 Å². The van der Waals surface area contributed by atoms with Crippen LogP contribution in [0, 0.1) is 6.92 Å². The van der Waals surface area contributed by atoms with Crippen LogP contribution in [0.1, 0.15) is 31.8 Å². The van der Waals surface area contributed by atoms with Crippen LogP contribution in [0.3, 0.4) is 0 Å². The van der Waals surface area contributed by atoms with E-state index in [1.807, 2.05) is 5.38 Å². The number of aryl methyl sites for hydroxylation is 1. The van der Waals surface area contributed by atoms with Crippen molar-refractivity contribution in [1.82, 2.24) is 4.98 Å². The Morgan fingerprint density at radius 2 is 1.97 bits per heavy atom. The Kier molecular flexibility index (Phi) is 5.81. The number of Topliss-reactive ketones (excluding diaryl/α,β-unsaturated/α-hetero) is 1. The normalized spacial score (nSPS) is 17.6. The molecule has 0 radical (unpaired) electrons. The Bertz CT molecular complexity index is 1250. The second-order valence-corrected chi connectivity index (χ2v) is 8.78. The Morgan fingerprint density at radius 3 is 2.62 bits per heavy atom. The number of amides is 1. The molecule has 3 aromatic rings. The van der Waals surface area contributed by atoms with Gasteiger partial charge in [-0.25, -0.2) is 9.78 Å². The fraction of sp³-hybridized carbons (Fsp3) is 0.182. The Hall–Kier alpha value is -3.50. The van der Waals surface area contributed by atoms with Gasteiger partial charge in [0.1, 0.15) is 22.4 Å². The van der Waals surface area contributed by atoms with E-state index >= 15 is 0 Å². The summed E-state index contributed by atoms with van der Waals surface area (Å²) in [6.45, 7) is 1.62. The van der Waals surface area contributed by atoms with Crippen LogP contribution >= 0.6 is 22.7 Å². The van der Waals surface area contributed by atoms with Gasteiger partial charge in [0.15, 0.2) is 5.13 Å². The number of ether oxygens (including phenoxy) is 2. The lowest BCUT2D eigenvalue weighted by Crippen LogP contribution is -2.29. The van der Waals surface area contributed by atoms with Gasteiger partial charge in [-0.05, 0) is 30.5 Å². The van der Waals surface area contributed by atoms with Crippen LogP contribution in [-0.2, 0) is 14.3 Å². The number of aliphatic hydroxyl groups excluding tert-OH is 1. The third kappa shape index (κ3) is 3.57. The molecular weight excluding hydrogens is 452 g/mol. The molecule has 1 saturated heterocycles. The minimum Gasteiger partial charge on any atom is -0.507 e. The highest BCUT2D eigenvalue weighted by Gasteiger charge is 2.48. The number of thiophene rings is 1. The first-order valence-electron chi connectivity index (χ1n) is 9.42. The second-order valence-electron chi connectivity index (χ2n) is 6.82. The molecule has 10 heteroatoms. The molecule has 3 heterocycles. The number of nitrogens with zero attached hydrogens (tertiary/aromatic N) is 2. The molecule has 0 saturated carbocycles. The standard InChI is InChI=1S/C22H18N2O6S2/c1-11-19(21(28)30-3)32-22(23-11)24-16(14-8-5-9-31-14)15(18(26)20(24)27)17(25)12-6-4-7-13(10-12)29-2/h4-10,16,25H,1-3H3/b17-15+/t16-/m0/s1. The van der Waals surface area contributed by atoms with Gasteiger partial charge < -0.3 is 14.6 Å². The highest BCUT2D eigenvalue weighted by Crippen LogP contribution is 2.45. The summed E-state index contributed by atoms with van der Waals surface area (Å²) in [5.41, 5.74) is 0.670. The predicted molar refractivity (Wildman–Crippen MR) is 120 cm³/mol. The number of esters is 1. The Labute approximate surface area is 191 Å². The van der Waals surface area contributed by atoms with Crippen LogP contribution in [0.2, 0.25) is 0 Å². The summed E-state index contributed by atoms with van der Waals surface area (Å²) in [6.07, 6.45) is 0. The van der Waals surface area contributed by atoms with Gasteiger partial charge in [-0.1, -0.05) is 29.5 Å². The molecule has 1 fully saturated rings. The second kappa shape index (κ2) is 8.56. The van der Waals surface area contributed by atoms with Crippen molar-refractivity contribution in [1.29, 1.82) is 0 Å². The van der Waals surface area contributed by atoms with E-state index in [9.17, 15) is 19.5 Å². The maximum Gasteiger partial charge on any atom is 0.350 e. The summed E-state index contributed by atoms with van der Waals surface area (Å²) in [4.78, 5) is 44.7. The quantitative estimate of drug-likeness (QED) is 0.261. The van der Waals surface area contributed by atoms with Gasteiger partial charge in [0, 0.05) is 10.4 Å². The largest absolute Gasteiger partial charge is 0.507 e. The van der Waals surface area contributed by atoms with Crippen molar-refractivity contribution < 1.29 is 29.0 Å². The molecule has 1 N–H and O–H groups in total. The molecular formula is C22H18N2O6S2.